The van der Waals surface area contributed by atoms with Crippen LogP contribution in [-0.4, -0.2) is 28.2 Å². The number of nitro groups is 1. The Labute approximate surface area is 158 Å². The Morgan fingerprint density at radius 1 is 1.30 bits per heavy atom. The Kier molecular flexibility index (Phi) is 5.13. The summed E-state index contributed by atoms with van der Waals surface area (Å²) in [6.07, 6.45) is 1.50. The zero-order valence-corrected chi connectivity index (χ0v) is 15.2. The molecule has 0 spiro atoms. The van der Waals surface area contributed by atoms with E-state index in [-0.39, 0.29) is 5.91 Å². The molecule has 0 bridgehead atoms. The minimum atomic E-state index is -0.684. The van der Waals surface area contributed by atoms with E-state index in [0.29, 0.717) is 27.1 Å². The fourth-order valence-electron chi connectivity index (χ4n) is 2.41. The molecule has 1 amide bonds. The zero-order valence-electron chi connectivity index (χ0n) is 14.4. The van der Waals surface area contributed by atoms with Crippen LogP contribution in [0.15, 0.2) is 46.3 Å². The normalized spacial score (nSPS) is 16.6. The molecule has 0 unspecified atom stereocenters. The Hall–Kier alpha value is -3.33. The first-order chi connectivity index (χ1) is 12.9. The van der Waals surface area contributed by atoms with Gasteiger partial charge in [0.05, 0.1) is 16.9 Å². The monoisotopic (exact) mass is 385 g/mol. The lowest BCUT2D eigenvalue weighted by molar-refractivity contribution is -0.385. The van der Waals surface area contributed by atoms with Crippen LogP contribution < -0.4 is 10.1 Å². The fraction of sp³-hybridized carbons (Fsp3) is 0.111. The largest absolute Gasteiger partial charge is 0.502 e. The summed E-state index contributed by atoms with van der Waals surface area (Å²) in [7, 11) is 1.54. The van der Waals surface area contributed by atoms with Gasteiger partial charge in [0.2, 0.25) is 0 Å². The van der Waals surface area contributed by atoms with Crippen molar-refractivity contribution in [1.29, 1.82) is 0 Å². The molecule has 138 valence electrons. The standard InChI is InChI=1S/C18H15N3O5S/c1-10-3-6-15(26-2)12(7-10)19-18-20-17(23)16(27-18)9-11-4-5-14(22)13(8-11)21(24)25/h3-9,22H,1-2H3,(H,19,20,23)/b16-9-. The molecule has 8 nitrogen and oxygen atoms in total. The van der Waals surface area contributed by atoms with E-state index in [0.717, 1.165) is 17.3 Å². The fourth-order valence-corrected chi connectivity index (χ4v) is 3.24. The molecule has 3 rings (SSSR count). The number of methoxy groups -OCH3 is 1. The quantitative estimate of drug-likeness (QED) is 0.473. The lowest BCUT2D eigenvalue weighted by atomic mass is 10.1. The minimum Gasteiger partial charge on any atom is -0.502 e. The number of rotatable bonds is 4. The summed E-state index contributed by atoms with van der Waals surface area (Å²) in [4.78, 5) is 27.2. The predicted molar refractivity (Wildman–Crippen MR) is 103 cm³/mol. The van der Waals surface area contributed by atoms with Gasteiger partial charge in [0, 0.05) is 6.07 Å². The van der Waals surface area contributed by atoms with Gasteiger partial charge in [0.25, 0.3) is 5.91 Å². The molecular formula is C18H15N3O5S. The van der Waals surface area contributed by atoms with E-state index >= 15 is 0 Å². The maximum atomic E-state index is 12.2. The number of aryl methyl sites for hydroxylation is 1. The molecule has 0 saturated carbocycles. The topological polar surface area (TPSA) is 114 Å². The molecule has 0 aliphatic carbocycles. The van der Waals surface area contributed by atoms with Crippen molar-refractivity contribution in [3.8, 4) is 11.5 Å². The Bertz CT molecular complexity index is 1000. The highest BCUT2D eigenvalue weighted by atomic mass is 32.2. The van der Waals surface area contributed by atoms with Gasteiger partial charge in [-0.25, -0.2) is 4.99 Å². The molecule has 1 fully saturated rings. The van der Waals surface area contributed by atoms with Crippen LogP contribution in [0.25, 0.3) is 6.08 Å². The van der Waals surface area contributed by atoms with Crippen LogP contribution in [0.3, 0.4) is 0 Å². The summed E-state index contributed by atoms with van der Waals surface area (Å²) in [5.74, 6) is -0.213. The molecule has 27 heavy (non-hydrogen) atoms. The van der Waals surface area contributed by atoms with E-state index in [1.807, 2.05) is 19.1 Å². The number of hydrogen-bond acceptors (Lipinski definition) is 7. The molecule has 1 aliphatic heterocycles. The van der Waals surface area contributed by atoms with Gasteiger partial charge in [-0.3, -0.25) is 14.9 Å². The average Bonchev–Trinajstić information content (AvgIpc) is 2.95. The first-order valence-electron chi connectivity index (χ1n) is 7.79. The van der Waals surface area contributed by atoms with Gasteiger partial charge in [0.1, 0.15) is 11.4 Å². The summed E-state index contributed by atoms with van der Waals surface area (Å²) in [6, 6.07) is 9.43. The van der Waals surface area contributed by atoms with Gasteiger partial charge in [0.15, 0.2) is 10.9 Å². The Balaban J connectivity index is 1.90. The summed E-state index contributed by atoms with van der Waals surface area (Å²) in [5.41, 5.74) is 1.58. The van der Waals surface area contributed by atoms with E-state index in [1.165, 1.54) is 31.4 Å². The van der Waals surface area contributed by atoms with Gasteiger partial charge < -0.3 is 15.2 Å². The number of aromatic hydroxyl groups is 1. The summed E-state index contributed by atoms with van der Waals surface area (Å²) < 4.78 is 5.28. The highest BCUT2D eigenvalue weighted by molar-refractivity contribution is 8.18. The van der Waals surface area contributed by atoms with E-state index < -0.39 is 16.4 Å². The molecular weight excluding hydrogens is 370 g/mol. The van der Waals surface area contributed by atoms with Gasteiger partial charge >= 0.3 is 5.69 Å². The second kappa shape index (κ2) is 7.50. The van der Waals surface area contributed by atoms with Crippen LogP contribution in [0.2, 0.25) is 0 Å². The average molecular weight is 385 g/mol. The number of carbonyl (C=O) groups excluding carboxylic acids is 1. The number of benzene rings is 2. The van der Waals surface area contributed by atoms with Crippen molar-refractivity contribution in [1.82, 2.24) is 5.32 Å². The molecule has 0 atom stereocenters. The van der Waals surface area contributed by atoms with Crippen molar-refractivity contribution in [2.24, 2.45) is 4.99 Å². The number of amides is 1. The molecule has 0 radical (unpaired) electrons. The third-order valence-corrected chi connectivity index (χ3v) is 4.61. The molecule has 2 N–H and O–H groups in total. The highest BCUT2D eigenvalue weighted by Crippen LogP contribution is 2.34. The number of ether oxygens (including phenoxy) is 1. The molecule has 1 saturated heterocycles. The lowest BCUT2D eigenvalue weighted by Gasteiger charge is -2.05. The predicted octanol–water partition coefficient (Wildman–Crippen LogP) is 3.51. The van der Waals surface area contributed by atoms with Gasteiger partial charge in [-0.2, -0.15) is 0 Å². The van der Waals surface area contributed by atoms with E-state index in [1.54, 1.807) is 6.07 Å². The second-order valence-corrected chi connectivity index (χ2v) is 6.69. The maximum absolute atomic E-state index is 12.2. The van der Waals surface area contributed by atoms with Crippen molar-refractivity contribution >= 4 is 40.3 Å². The van der Waals surface area contributed by atoms with Gasteiger partial charge in [-0.05, 0) is 54.1 Å². The van der Waals surface area contributed by atoms with Crippen molar-refractivity contribution in [2.45, 2.75) is 6.92 Å². The second-order valence-electron chi connectivity index (χ2n) is 5.66. The number of phenols is 1. The van der Waals surface area contributed by atoms with Crippen LogP contribution in [0.1, 0.15) is 11.1 Å². The number of nitrogens with one attached hydrogen (secondary N) is 1. The number of amidine groups is 1. The van der Waals surface area contributed by atoms with Crippen molar-refractivity contribution in [3.05, 3.63) is 62.5 Å². The Morgan fingerprint density at radius 2 is 2.07 bits per heavy atom. The maximum Gasteiger partial charge on any atom is 0.311 e. The van der Waals surface area contributed by atoms with E-state index in [4.69, 9.17) is 4.74 Å². The molecule has 2 aromatic carbocycles. The van der Waals surface area contributed by atoms with Crippen molar-refractivity contribution in [3.63, 3.8) is 0 Å². The van der Waals surface area contributed by atoms with Crippen LogP contribution in [-0.2, 0) is 4.79 Å². The van der Waals surface area contributed by atoms with Crippen molar-refractivity contribution in [2.75, 3.05) is 7.11 Å². The highest BCUT2D eigenvalue weighted by Gasteiger charge is 2.24. The molecule has 0 aromatic heterocycles. The minimum absolute atomic E-state index is 0.334. The number of phenolic OH excluding ortho intramolecular Hbond substituents is 1. The van der Waals surface area contributed by atoms with Crippen LogP contribution >= 0.6 is 11.8 Å². The first kappa shape index (κ1) is 18.5. The molecule has 2 aromatic rings. The summed E-state index contributed by atoms with van der Waals surface area (Å²) in [5, 5.41) is 23.5. The SMILES string of the molecule is COc1ccc(C)cc1N=C1NC(=O)/C(=C/c2ccc(O)c([N+](=O)[O-])c2)S1. The number of nitro benzene ring substituents is 1. The Morgan fingerprint density at radius 3 is 2.78 bits per heavy atom. The smallest absolute Gasteiger partial charge is 0.311 e. The molecule has 1 aliphatic rings. The first-order valence-corrected chi connectivity index (χ1v) is 8.60. The van der Waals surface area contributed by atoms with Crippen LogP contribution in [0, 0.1) is 17.0 Å². The number of hydrogen-bond donors (Lipinski definition) is 2. The zero-order chi connectivity index (χ0) is 19.6. The molecule has 9 heteroatoms. The third-order valence-electron chi connectivity index (χ3n) is 3.70. The van der Waals surface area contributed by atoms with Crippen LogP contribution in [0.5, 0.6) is 11.5 Å². The van der Waals surface area contributed by atoms with E-state index in [9.17, 15) is 20.0 Å². The number of aliphatic imine (C=N–C) groups is 1. The summed E-state index contributed by atoms with van der Waals surface area (Å²) >= 11 is 1.11. The van der Waals surface area contributed by atoms with Crippen LogP contribution in [0.4, 0.5) is 11.4 Å². The van der Waals surface area contributed by atoms with Gasteiger partial charge in [-0.1, -0.05) is 12.1 Å². The summed E-state index contributed by atoms with van der Waals surface area (Å²) in [6.45, 7) is 1.92. The number of carbonyl (C=O) groups is 1. The number of thioether (sulfide) groups is 1. The van der Waals surface area contributed by atoms with E-state index in [2.05, 4.69) is 10.3 Å². The third kappa shape index (κ3) is 4.09. The van der Waals surface area contributed by atoms with Gasteiger partial charge in [-0.15, -0.1) is 0 Å². The number of nitrogens with zero attached hydrogens (tertiary/aromatic N) is 2. The molecule has 1 heterocycles. The van der Waals surface area contributed by atoms with Crippen molar-refractivity contribution < 1.29 is 19.6 Å². The lowest BCUT2D eigenvalue weighted by Crippen LogP contribution is -2.19.